The predicted octanol–water partition coefficient (Wildman–Crippen LogP) is 1.96. The molecule has 0 fully saturated rings. The first-order valence-electron chi connectivity index (χ1n) is 4.85. The molecule has 0 aliphatic carbocycles. The third kappa shape index (κ3) is 3.52. The zero-order valence-corrected chi connectivity index (χ0v) is 9.12. The van der Waals surface area contributed by atoms with Crippen molar-refractivity contribution < 1.29 is 9.15 Å². The Bertz CT molecular complexity index is 254. The van der Waals surface area contributed by atoms with E-state index in [-0.39, 0.29) is 11.6 Å². The molecule has 0 aliphatic rings. The molecule has 1 atom stereocenters. The number of nitrogens with two attached hydrogens (primary N) is 1. The van der Waals surface area contributed by atoms with Crippen molar-refractivity contribution in [1.82, 2.24) is 0 Å². The Hall–Kier alpha value is -0.800. The van der Waals surface area contributed by atoms with Crippen molar-refractivity contribution in [2.45, 2.75) is 38.3 Å². The highest BCUT2D eigenvalue weighted by atomic mass is 16.5. The van der Waals surface area contributed by atoms with Crippen molar-refractivity contribution >= 4 is 0 Å². The Kier molecular flexibility index (Phi) is 3.72. The molecule has 1 aromatic rings. The van der Waals surface area contributed by atoms with E-state index in [1.807, 2.05) is 19.9 Å². The number of rotatable bonds is 5. The highest BCUT2D eigenvalue weighted by Gasteiger charge is 2.20. The molecule has 14 heavy (non-hydrogen) atoms. The van der Waals surface area contributed by atoms with Gasteiger partial charge in [-0.3, -0.25) is 0 Å². The second kappa shape index (κ2) is 4.62. The van der Waals surface area contributed by atoms with Crippen LogP contribution in [0.1, 0.15) is 25.8 Å². The third-order valence-corrected chi connectivity index (χ3v) is 2.38. The van der Waals surface area contributed by atoms with E-state index in [2.05, 4.69) is 0 Å². The van der Waals surface area contributed by atoms with Gasteiger partial charge in [0, 0.05) is 13.2 Å². The minimum Gasteiger partial charge on any atom is -0.472 e. The van der Waals surface area contributed by atoms with Crippen LogP contribution < -0.4 is 5.73 Å². The van der Waals surface area contributed by atoms with Gasteiger partial charge in [-0.25, -0.2) is 0 Å². The molecule has 0 saturated carbocycles. The van der Waals surface area contributed by atoms with Gasteiger partial charge in [-0.2, -0.15) is 0 Å². The van der Waals surface area contributed by atoms with E-state index < -0.39 is 0 Å². The smallest absolute Gasteiger partial charge is 0.0935 e. The molecule has 1 unspecified atom stereocenters. The van der Waals surface area contributed by atoms with Crippen molar-refractivity contribution in [3.05, 3.63) is 24.2 Å². The summed E-state index contributed by atoms with van der Waals surface area (Å²) >= 11 is 0. The van der Waals surface area contributed by atoms with Crippen LogP contribution in [-0.2, 0) is 11.2 Å². The molecule has 0 aliphatic heterocycles. The molecule has 0 saturated heterocycles. The number of methoxy groups -OCH3 is 1. The van der Waals surface area contributed by atoms with E-state index in [0.717, 1.165) is 18.4 Å². The van der Waals surface area contributed by atoms with Crippen LogP contribution >= 0.6 is 0 Å². The summed E-state index contributed by atoms with van der Waals surface area (Å²) < 4.78 is 10.3. The number of hydrogen-bond acceptors (Lipinski definition) is 3. The fraction of sp³-hybridized carbons (Fsp3) is 0.636. The highest BCUT2D eigenvalue weighted by Crippen LogP contribution is 2.16. The van der Waals surface area contributed by atoms with Crippen LogP contribution in [-0.4, -0.2) is 18.8 Å². The first-order valence-corrected chi connectivity index (χ1v) is 4.85. The van der Waals surface area contributed by atoms with Crippen LogP contribution in [0.15, 0.2) is 23.0 Å². The average molecular weight is 197 g/mol. The average Bonchev–Trinajstić information content (AvgIpc) is 2.55. The SMILES string of the molecule is COC(C)(C)CC(N)Cc1ccoc1. The van der Waals surface area contributed by atoms with Crippen LogP contribution in [0.4, 0.5) is 0 Å². The molecule has 2 N–H and O–H groups in total. The fourth-order valence-corrected chi connectivity index (χ4v) is 1.50. The maximum absolute atomic E-state index is 6.00. The topological polar surface area (TPSA) is 48.4 Å². The highest BCUT2D eigenvalue weighted by molar-refractivity contribution is 5.07. The zero-order chi connectivity index (χ0) is 10.6. The molecule has 3 heteroatoms. The first kappa shape index (κ1) is 11.3. The van der Waals surface area contributed by atoms with E-state index >= 15 is 0 Å². The quantitative estimate of drug-likeness (QED) is 0.785. The van der Waals surface area contributed by atoms with Gasteiger partial charge in [0.1, 0.15) is 0 Å². The molecule has 80 valence electrons. The maximum atomic E-state index is 6.00. The van der Waals surface area contributed by atoms with Crippen LogP contribution in [0.5, 0.6) is 0 Å². The fourth-order valence-electron chi connectivity index (χ4n) is 1.50. The lowest BCUT2D eigenvalue weighted by Gasteiger charge is -2.26. The van der Waals surface area contributed by atoms with Gasteiger partial charge in [0.2, 0.25) is 0 Å². The summed E-state index contributed by atoms with van der Waals surface area (Å²) in [7, 11) is 1.71. The van der Waals surface area contributed by atoms with Crippen molar-refractivity contribution in [3.8, 4) is 0 Å². The largest absolute Gasteiger partial charge is 0.472 e. The van der Waals surface area contributed by atoms with E-state index in [9.17, 15) is 0 Å². The minimum absolute atomic E-state index is 0.113. The normalized spacial score (nSPS) is 14.3. The monoisotopic (exact) mass is 197 g/mol. The van der Waals surface area contributed by atoms with Gasteiger partial charge in [0.05, 0.1) is 18.1 Å². The second-order valence-corrected chi connectivity index (χ2v) is 4.26. The van der Waals surface area contributed by atoms with Crippen molar-refractivity contribution in [2.24, 2.45) is 5.73 Å². The summed E-state index contributed by atoms with van der Waals surface area (Å²) in [6.07, 6.45) is 5.08. The maximum Gasteiger partial charge on any atom is 0.0935 e. The first-order chi connectivity index (χ1) is 6.53. The molecule has 0 aromatic carbocycles. The molecule has 1 heterocycles. The lowest BCUT2D eigenvalue weighted by atomic mass is 9.95. The van der Waals surface area contributed by atoms with Gasteiger partial charge < -0.3 is 14.9 Å². The van der Waals surface area contributed by atoms with E-state index in [1.165, 1.54) is 0 Å². The summed E-state index contributed by atoms with van der Waals surface area (Å²) in [5.74, 6) is 0. The molecule has 0 spiro atoms. The molecular weight excluding hydrogens is 178 g/mol. The molecule has 0 bridgehead atoms. The standard InChI is InChI=1S/C11H19NO2/c1-11(2,13-3)7-10(12)6-9-4-5-14-8-9/h4-5,8,10H,6-7,12H2,1-3H3. The van der Waals surface area contributed by atoms with Crippen LogP contribution in [0.3, 0.4) is 0 Å². The van der Waals surface area contributed by atoms with Crippen molar-refractivity contribution in [3.63, 3.8) is 0 Å². The van der Waals surface area contributed by atoms with Gasteiger partial charge in [-0.05, 0) is 38.3 Å². The predicted molar refractivity (Wildman–Crippen MR) is 56.1 cm³/mol. The van der Waals surface area contributed by atoms with Gasteiger partial charge in [-0.15, -0.1) is 0 Å². The Morgan fingerprint density at radius 2 is 2.29 bits per heavy atom. The Balaban J connectivity index is 2.40. The third-order valence-electron chi connectivity index (χ3n) is 2.38. The van der Waals surface area contributed by atoms with Gasteiger partial charge >= 0.3 is 0 Å². The van der Waals surface area contributed by atoms with Gasteiger partial charge in [0.15, 0.2) is 0 Å². The summed E-state index contributed by atoms with van der Waals surface area (Å²) in [5, 5.41) is 0. The van der Waals surface area contributed by atoms with Crippen LogP contribution in [0, 0.1) is 0 Å². The number of furan rings is 1. The van der Waals surface area contributed by atoms with E-state index in [4.69, 9.17) is 14.9 Å². The van der Waals surface area contributed by atoms with E-state index in [1.54, 1.807) is 19.6 Å². The number of ether oxygens (including phenoxy) is 1. The summed E-state index contributed by atoms with van der Waals surface area (Å²) in [6.45, 7) is 4.09. The molecule has 3 nitrogen and oxygen atoms in total. The molecule has 0 amide bonds. The van der Waals surface area contributed by atoms with Crippen molar-refractivity contribution in [1.29, 1.82) is 0 Å². The molecular formula is C11H19NO2. The van der Waals surface area contributed by atoms with E-state index in [0.29, 0.717) is 0 Å². The Labute approximate surface area is 85.2 Å². The lowest BCUT2D eigenvalue weighted by molar-refractivity contribution is 0.0102. The molecule has 1 rings (SSSR count). The second-order valence-electron chi connectivity index (χ2n) is 4.26. The van der Waals surface area contributed by atoms with Crippen LogP contribution in [0.25, 0.3) is 0 Å². The molecule has 1 aromatic heterocycles. The Morgan fingerprint density at radius 3 is 2.79 bits per heavy atom. The summed E-state index contributed by atoms with van der Waals surface area (Å²) in [5.41, 5.74) is 7.00. The van der Waals surface area contributed by atoms with Crippen LogP contribution in [0.2, 0.25) is 0 Å². The lowest BCUT2D eigenvalue weighted by Crippen LogP contribution is -2.34. The number of hydrogen-bond donors (Lipinski definition) is 1. The summed E-state index contributed by atoms with van der Waals surface area (Å²) in [6, 6.07) is 2.06. The zero-order valence-electron chi connectivity index (χ0n) is 9.12. The van der Waals surface area contributed by atoms with Gasteiger partial charge in [-0.1, -0.05) is 0 Å². The minimum atomic E-state index is -0.150. The summed E-state index contributed by atoms with van der Waals surface area (Å²) in [4.78, 5) is 0. The van der Waals surface area contributed by atoms with Crippen molar-refractivity contribution in [2.75, 3.05) is 7.11 Å². The van der Waals surface area contributed by atoms with Gasteiger partial charge in [0.25, 0.3) is 0 Å². The Morgan fingerprint density at radius 1 is 1.57 bits per heavy atom. The molecule has 0 radical (unpaired) electrons.